The first-order valence-corrected chi connectivity index (χ1v) is 4.37. The number of hydrogen-bond donors (Lipinski definition) is 0. The van der Waals surface area contributed by atoms with Gasteiger partial charge in [0.05, 0.1) is 12.0 Å². The standard InChI is InChI=1S/C9H11NO/c11-9-6-1-2-8(5-6)10(9)7-3-4-7/h1-2,6-8H,3-5H2/t6-,8+/m0/s1. The number of carbonyl (C=O) groups is 1. The second-order valence-electron chi connectivity index (χ2n) is 3.77. The summed E-state index contributed by atoms with van der Waals surface area (Å²) < 4.78 is 0. The van der Waals surface area contributed by atoms with Crippen LogP contribution in [-0.2, 0) is 4.79 Å². The molecule has 0 aromatic carbocycles. The fourth-order valence-electron chi connectivity index (χ4n) is 2.23. The Labute approximate surface area is 65.9 Å². The Morgan fingerprint density at radius 1 is 1.36 bits per heavy atom. The third kappa shape index (κ3) is 0.647. The van der Waals surface area contributed by atoms with E-state index in [4.69, 9.17) is 0 Å². The van der Waals surface area contributed by atoms with E-state index in [0.717, 1.165) is 6.42 Å². The Kier molecular flexibility index (Phi) is 0.888. The molecule has 1 saturated carbocycles. The predicted octanol–water partition coefficient (Wildman–Crippen LogP) is 0.936. The number of likely N-dealkylation sites (tertiary alicyclic amines) is 1. The van der Waals surface area contributed by atoms with E-state index >= 15 is 0 Å². The average molecular weight is 149 g/mol. The molecule has 1 amide bonds. The highest BCUT2D eigenvalue weighted by atomic mass is 16.2. The first-order valence-electron chi connectivity index (χ1n) is 4.37. The summed E-state index contributed by atoms with van der Waals surface area (Å²) in [5, 5.41) is 0. The summed E-state index contributed by atoms with van der Waals surface area (Å²) in [4.78, 5) is 13.6. The Morgan fingerprint density at radius 2 is 2.18 bits per heavy atom. The first kappa shape index (κ1) is 5.81. The highest BCUT2D eigenvalue weighted by Crippen LogP contribution is 2.40. The van der Waals surface area contributed by atoms with Gasteiger partial charge in [0, 0.05) is 6.04 Å². The van der Waals surface area contributed by atoms with Gasteiger partial charge in [0.1, 0.15) is 0 Å². The van der Waals surface area contributed by atoms with E-state index in [0.29, 0.717) is 18.0 Å². The van der Waals surface area contributed by atoms with Crippen LogP contribution in [0.3, 0.4) is 0 Å². The van der Waals surface area contributed by atoms with Gasteiger partial charge in [-0.05, 0) is 19.3 Å². The Balaban J connectivity index is 1.94. The molecule has 2 fully saturated rings. The summed E-state index contributed by atoms with van der Waals surface area (Å²) in [6, 6.07) is 1.09. The lowest BCUT2D eigenvalue weighted by Crippen LogP contribution is -2.36. The van der Waals surface area contributed by atoms with Crippen molar-refractivity contribution in [2.45, 2.75) is 31.3 Å². The molecule has 0 radical (unpaired) electrons. The Hall–Kier alpha value is -0.790. The number of rotatable bonds is 1. The molecule has 1 saturated heterocycles. The van der Waals surface area contributed by atoms with Crippen molar-refractivity contribution in [3.05, 3.63) is 12.2 Å². The van der Waals surface area contributed by atoms with Crippen molar-refractivity contribution in [2.24, 2.45) is 5.92 Å². The van der Waals surface area contributed by atoms with Gasteiger partial charge in [-0.25, -0.2) is 0 Å². The highest BCUT2D eigenvalue weighted by Gasteiger charge is 2.47. The fraction of sp³-hybridized carbons (Fsp3) is 0.667. The van der Waals surface area contributed by atoms with E-state index in [-0.39, 0.29) is 5.92 Å². The smallest absolute Gasteiger partial charge is 0.230 e. The minimum absolute atomic E-state index is 0.251. The van der Waals surface area contributed by atoms with E-state index in [1.807, 2.05) is 0 Å². The molecule has 2 heteroatoms. The molecule has 58 valence electrons. The van der Waals surface area contributed by atoms with Gasteiger partial charge in [-0.3, -0.25) is 4.79 Å². The summed E-state index contributed by atoms with van der Waals surface area (Å²) in [6.45, 7) is 0. The molecule has 1 heterocycles. The van der Waals surface area contributed by atoms with E-state index in [1.54, 1.807) is 0 Å². The van der Waals surface area contributed by atoms with Crippen LogP contribution < -0.4 is 0 Å². The van der Waals surface area contributed by atoms with Crippen LogP contribution in [0.2, 0.25) is 0 Å². The largest absolute Gasteiger partial charge is 0.333 e. The number of amides is 1. The maximum atomic E-state index is 11.5. The number of carbonyl (C=O) groups excluding carboxylic acids is 1. The van der Waals surface area contributed by atoms with Gasteiger partial charge in [0.15, 0.2) is 0 Å². The molecule has 0 spiro atoms. The van der Waals surface area contributed by atoms with Crippen LogP contribution in [-0.4, -0.2) is 22.9 Å². The Bertz CT molecular complexity index is 242. The van der Waals surface area contributed by atoms with Gasteiger partial charge < -0.3 is 4.90 Å². The van der Waals surface area contributed by atoms with Crippen molar-refractivity contribution < 1.29 is 4.79 Å². The molecule has 2 atom stereocenters. The van der Waals surface area contributed by atoms with Crippen LogP contribution in [0.15, 0.2) is 12.2 Å². The van der Waals surface area contributed by atoms with Gasteiger partial charge in [-0.15, -0.1) is 0 Å². The summed E-state index contributed by atoms with van der Waals surface area (Å²) in [7, 11) is 0. The minimum Gasteiger partial charge on any atom is -0.333 e. The number of fused-ring (bicyclic) bond motifs is 2. The van der Waals surface area contributed by atoms with Crippen molar-refractivity contribution in [2.75, 3.05) is 0 Å². The van der Waals surface area contributed by atoms with Crippen LogP contribution in [0.5, 0.6) is 0 Å². The van der Waals surface area contributed by atoms with Crippen molar-refractivity contribution in [3.8, 4) is 0 Å². The maximum Gasteiger partial charge on any atom is 0.230 e. The lowest BCUT2D eigenvalue weighted by Gasteiger charge is -2.23. The summed E-state index contributed by atoms with van der Waals surface area (Å²) in [5.41, 5.74) is 0. The molecule has 0 aromatic rings. The molecule has 0 unspecified atom stereocenters. The van der Waals surface area contributed by atoms with Crippen molar-refractivity contribution >= 4 is 5.91 Å². The van der Waals surface area contributed by atoms with Gasteiger partial charge in [0.25, 0.3) is 0 Å². The fourth-order valence-corrected chi connectivity index (χ4v) is 2.23. The predicted molar refractivity (Wildman–Crippen MR) is 40.9 cm³/mol. The lowest BCUT2D eigenvalue weighted by molar-refractivity contribution is -0.131. The van der Waals surface area contributed by atoms with Crippen LogP contribution in [0.4, 0.5) is 0 Å². The van der Waals surface area contributed by atoms with Crippen LogP contribution in [0.25, 0.3) is 0 Å². The second kappa shape index (κ2) is 1.68. The molecule has 2 nitrogen and oxygen atoms in total. The summed E-state index contributed by atoms with van der Waals surface area (Å²) in [5.74, 6) is 0.639. The van der Waals surface area contributed by atoms with E-state index < -0.39 is 0 Å². The topological polar surface area (TPSA) is 20.3 Å². The first-order chi connectivity index (χ1) is 5.36. The molecule has 11 heavy (non-hydrogen) atoms. The SMILES string of the molecule is O=C1[C@H]2C=C[C@H](C2)N1C1CC1. The third-order valence-corrected chi connectivity index (χ3v) is 2.93. The van der Waals surface area contributed by atoms with Crippen LogP contribution >= 0.6 is 0 Å². The zero-order chi connectivity index (χ0) is 7.42. The van der Waals surface area contributed by atoms with Gasteiger partial charge >= 0.3 is 0 Å². The average Bonchev–Trinajstić information content (AvgIpc) is 2.62. The zero-order valence-corrected chi connectivity index (χ0v) is 6.36. The van der Waals surface area contributed by atoms with Gasteiger partial charge in [-0.2, -0.15) is 0 Å². The lowest BCUT2D eigenvalue weighted by atomic mass is 10.1. The third-order valence-electron chi connectivity index (χ3n) is 2.93. The van der Waals surface area contributed by atoms with Crippen molar-refractivity contribution in [3.63, 3.8) is 0 Å². The van der Waals surface area contributed by atoms with Crippen molar-refractivity contribution in [1.29, 1.82) is 0 Å². The zero-order valence-electron chi connectivity index (χ0n) is 6.36. The molecule has 1 aliphatic heterocycles. The van der Waals surface area contributed by atoms with Gasteiger partial charge in [0.2, 0.25) is 5.91 Å². The summed E-state index contributed by atoms with van der Waals surface area (Å²) in [6.07, 6.45) is 7.82. The molecule has 0 N–H and O–H groups in total. The second-order valence-corrected chi connectivity index (χ2v) is 3.77. The number of nitrogens with zero attached hydrogens (tertiary/aromatic N) is 1. The molecular weight excluding hydrogens is 138 g/mol. The van der Waals surface area contributed by atoms with Crippen LogP contribution in [0, 0.1) is 5.92 Å². The highest BCUT2D eigenvalue weighted by molar-refractivity contribution is 5.85. The summed E-state index contributed by atoms with van der Waals surface area (Å²) >= 11 is 0. The molecule has 3 aliphatic rings. The molecule has 2 bridgehead atoms. The van der Waals surface area contributed by atoms with E-state index in [2.05, 4.69) is 17.1 Å². The quantitative estimate of drug-likeness (QED) is 0.508. The van der Waals surface area contributed by atoms with Crippen LogP contribution in [0.1, 0.15) is 19.3 Å². The minimum atomic E-state index is 0.251. The Morgan fingerprint density at radius 3 is 2.73 bits per heavy atom. The molecule has 2 aliphatic carbocycles. The maximum absolute atomic E-state index is 11.5. The van der Waals surface area contributed by atoms with E-state index in [9.17, 15) is 4.79 Å². The normalized spacial score (nSPS) is 40.7. The van der Waals surface area contributed by atoms with E-state index in [1.165, 1.54) is 12.8 Å². The monoisotopic (exact) mass is 149 g/mol. The number of hydrogen-bond acceptors (Lipinski definition) is 1. The molecular formula is C9H11NO. The van der Waals surface area contributed by atoms with Gasteiger partial charge in [-0.1, -0.05) is 12.2 Å². The molecule has 0 aromatic heterocycles. The molecule has 3 rings (SSSR count). The van der Waals surface area contributed by atoms with Crippen molar-refractivity contribution in [1.82, 2.24) is 4.90 Å².